The van der Waals surface area contributed by atoms with Crippen molar-refractivity contribution in [2.45, 2.75) is 64.4 Å². The quantitative estimate of drug-likeness (QED) is 0.0715. The van der Waals surface area contributed by atoms with E-state index in [-0.39, 0.29) is 31.2 Å². The fraction of sp³-hybridized carbons (Fsp3) is 0.319. The number of hydrogen-bond donors (Lipinski definition) is 4. The first-order chi connectivity index (χ1) is 29.0. The minimum Gasteiger partial charge on any atom is -0.492 e. The first-order valence-corrected chi connectivity index (χ1v) is 20.4. The molecule has 1 atom stereocenters. The van der Waals surface area contributed by atoms with Crippen LogP contribution in [0, 0.1) is 25.2 Å². The van der Waals surface area contributed by atoms with Crippen LogP contribution in [0.4, 0.5) is 0 Å². The molecule has 0 radical (unpaired) electrons. The lowest BCUT2D eigenvalue weighted by Crippen LogP contribution is -2.65. The predicted molar refractivity (Wildman–Crippen MR) is 228 cm³/mol. The Balaban J connectivity index is 1.02. The highest BCUT2D eigenvalue weighted by molar-refractivity contribution is 6.32. The third kappa shape index (κ3) is 9.89. The zero-order valence-electron chi connectivity index (χ0n) is 33.7. The minimum atomic E-state index is -1.19. The van der Waals surface area contributed by atoms with Gasteiger partial charge >= 0.3 is 5.97 Å². The van der Waals surface area contributed by atoms with Gasteiger partial charge in [0.1, 0.15) is 49.2 Å². The van der Waals surface area contributed by atoms with Crippen LogP contribution in [0.2, 0.25) is 5.02 Å². The molecular weight excluding hydrogens is 782 g/mol. The molecular formula is C47H48ClN5O7. The lowest BCUT2D eigenvalue weighted by molar-refractivity contribution is -0.140. The minimum absolute atomic E-state index is 0.0358. The Labute approximate surface area is 354 Å². The number of carboxylic acids is 1. The van der Waals surface area contributed by atoms with Gasteiger partial charge in [-0.15, -0.1) is 0 Å². The first kappa shape index (κ1) is 42.2. The fourth-order valence-electron chi connectivity index (χ4n) is 7.85. The second-order valence-electron chi connectivity index (χ2n) is 15.4. The Kier molecular flexibility index (Phi) is 13.3. The molecule has 12 nitrogen and oxygen atoms in total. The highest BCUT2D eigenvalue weighted by Gasteiger charge is 2.44. The summed E-state index contributed by atoms with van der Waals surface area (Å²) >= 11 is 6.74. The Morgan fingerprint density at radius 3 is 2.33 bits per heavy atom. The van der Waals surface area contributed by atoms with Crippen molar-refractivity contribution in [3.63, 3.8) is 0 Å². The Bertz CT molecular complexity index is 2380. The Hall–Kier alpha value is -5.97. The third-order valence-electron chi connectivity index (χ3n) is 11.5. The van der Waals surface area contributed by atoms with Gasteiger partial charge in [0.2, 0.25) is 5.91 Å². The van der Waals surface area contributed by atoms with E-state index >= 15 is 0 Å². The molecule has 2 aliphatic rings. The summed E-state index contributed by atoms with van der Waals surface area (Å²) < 4.78 is 18.6. The molecule has 1 aromatic heterocycles. The number of piperidine rings is 1. The summed E-state index contributed by atoms with van der Waals surface area (Å²) in [7, 11) is 0. The number of carbonyl (C=O) groups is 2. The third-order valence-corrected chi connectivity index (χ3v) is 11.8. The average Bonchev–Trinajstić information content (AvgIpc) is 3.24. The van der Waals surface area contributed by atoms with Crippen LogP contribution < -0.4 is 24.8 Å². The first-order valence-electron chi connectivity index (χ1n) is 20.0. The van der Waals surface area contributed by atoms with Gasteiger partial charge in [-0.1, -0.05) is 60.1 Å². The van der Waals surface area contributed by atoms with Crippen molar-refractivity contribution in [2.24, 2.45) is 0 Å². The van der Waals surface area contributed by atoms with Gasteiger partial charge < -0.3 is 29.7 Å². The molecule has 13 heteroatoms. The molecule has 0 aliphatic carbocycles. The number of pyridine rings is 1. The molecule has 2 saturated heterocycles. The van der Waals surface area contributed by atoms with Crippen molar-refractivity contribution in [3.8, 4) is 45.6 Å². The van der Waals surface area contributed by atoms with E-state index in [9.17, 15) is 25.1 Å². The van der Waals surface area contributed by atoms with Gasteiger partial charge in [-0.2, -0.15) is 5.26 Å². The van der Waals surface area contributed by atoms with Crippen molar-refractivity contribution in [1.29, 1.82) is 5.26 Å². The van der Waals surface area contributed by atoms with Gasteiger partial charge in [-0.25, -0.2) is 0 Å². The molecule has 1 amide bonds. The van der Waals surface area contributed by atoms with E-state index in [4.69, 9.17) is 25.8 Å². The largest absolute Gasteiger partial charge is 0.492 e. The van der Waals surface area contributed by atoms with Crippen LogP contribution in [0.1, 0.15) is 52.6 Å². The number of aliphatic hydroxyl groups excluding tert-OH is 1. The number of benzene rings is 4. The van der Waals surface area contributed by atoms with Crippen molar-refractivity contribution < 1.29 is 34.0 Å². The number of nitrogens with zero attached hydrogens (tertiary/aromatic N) is 3. The standard InChI is InChI=1S/C47H48ClN5O7/c1-30-35(29-60-44-21-43(59-28-33-19-32(23-49)24-50-25-33)36(20-41(44)48)26-51-42(27-54)46(56)57)5-3-7-39(30)40-8-4-6-38(31(40)2)34-9-11-37(12-10-34)58-18-17-53-15-13-47(14-16-53)22-45(55)52-47/h3-12,19-21,24-25,42,51,54H,13-18,22,26-29H2,1-2H3,(H,52,55)(H,56,57). The zero-order chi connectivity index (χ0) is 42.2. The molecule has 7 rings (SSSR count). The lowest BCUT2D eigenvalue weighted by atomic mass is 9.78. The van der Waals surface area contributed by atoms with E-state index in [0.29, 0.717) is 46.2 Å². The number of aliphatic hydroxyl groups is 1. The summed E-state index contributed by atoms with van der Waals surface area (Å²) in [6, 6.07) is 26.6. The number of hydrogen-bond acceptors (Lipinski definition) is 10. The number of rotatable bonds is 17. The number of amides is 1. The van der Waals surface area contributed by atoms with E-state index in [2.05, 4.69) is 76.8 Å². The Morgan fingerprint density at radius 1 is 0.933 bits per heavy atom. The van der Waals surface area contributed by atoms with Gasteiger partial charge in [0, 0.05) is 62.2 Å². The maximum Gasteiger partial charge on any atom is 0.323 e. The SMILES string of the molecule is Cc1c(COc2cc(OCc3cncc(C#N)c3)c(CNC(CO)C(=O)O)cc2Cl)cccc1-c1cccc(-c2ccc(OCCN3CCC4(CC3)CC(=O)N4)cc2)c1C. The van der Waals surface area contributed by atoms with Crippen LogP contribution in [0.15, 0.2) is 91.3 Å². The van der Waals surface area contributed by atoms with E-state index in [0.717, 1.165) is 77.2 Å². The van der Waals surface area contributed by atoms with Crippen molar-refractivity contribution in [3.05, 3.63) is 130 Å². The highest BCUT2D eigenvalue weighted by Crippen LogP contribution is 2.37. The number of nitrogens with one attached hydrogen (secondary N) is 2. The van der Waals surface area contributed by atoms with E-state index in [1.807, 2.05) is 24.3 Å². The van der Waals surface area contributed by atoms with Crippen LogP contribution in [0.25, 0.3) is 22.3 Å². The average molecular weight is 830 g/mol. The molecule has 1 unspecified atom stereocenters. The smallest absolute Gasteiger partial charge is 0.323 e. The molecule has 5 aromatic rings. The van der Waals surface area contributed by atoms with Crippen LogP contribution in [0.3, 0.4) is 0 Å². The van der Waals surface area contributed by atoms with Crippen molar-refractivity contribution >= 4 is 23.5 Å². The molecule has 3 heterocycles. The summed E-state index contributed by atoms with van der Waals surface area (Å²) in [6.45, 7) is 7.36. The van der Waals surface area contributed by atoms with Gasteiger partial charge in [0.15, 0.2) is 0 Å². The van der Waals surface area contributed by atoms with Crippen molar-refractivity contribution in [1.82, 2.24) is 20.5 Å². The molecule has 2 aliphatic heterocycles. The molecule has 0 bridgehead atoms. The second-order valence-corrected chi connectivity index (χ2v) is 15.8. The highest BCUT2D eigenvalue weighted by atomic mass is 35.5. The monoisotopic (exact) mass is 829 g/mol. The van der Waals surface area contributed by atoms with Crippen LogP contribution in [-0.4, -0.2) is 76.4 Å². The number of nitriles is 1. The van der Waals surface area contributed by atoms with E-state index in [1.54, 1.807) is 24.4 Å². The molecule has 0 saturated carbocycles. The number of carbonyl (C=O) groups excluding carboxylic acids is 1. The number of aliphatic carboxylic acids is 1. The van der Waals surface area contributed by atoms with Gasteiger partial charge in [-0.3, -0.25) is 24.8 Å². The lowest BCUT2D eigenvalue weighted by Gasteiger charge is -2.47. The fourth-order valence-corrected chi connectivity index (χ4v) is 8.09. The predicted octanol–water partition coefficient (Wildman–Crippen LogP) is 6.98. The van der Waals surface area contributed by atoms with Gasteiger partial charge in [-0.05, 0) is 89.9 Å². The molecule has 1 spiro atoms. The summed E-state index contributed by atoms with van der Waals surface area (Å²) in [5.41, 5.74) is 9.25. The maximum atomic E-state index is 11.6. The van der Waals surface area contributed by atoms with Crippen LogP contribution >= 0.6 is 11.6 Å². The molecule has 310 valence electrons. The van der Waals surface area contributed by atoms with E-state index in [1.165, 1.54) is 6.20 Å². The summed E-state index contributed by atoms with van der Waals surface area (Å²) in [5.74, 6) is 0.570. The molecule has 4 aromatic carbocycles. The van der Waals surface area contributed by atoms with Crippen LogP contribution in [-0.2, 0) is 29.3 Å². The zero-order valence-corrected chi connectivity index (χ0v) is 34.4. The molecule has 4 N–H and O–H groups in total. The normalized spacial score (nSPS) is 15.1. The van der Waals surface area contributed by atoms with Crippen molar-refractivity contribution in [2.75, 3.05) is 32.8 Å². The Morgan fingerprint density at radius 2 is 1.63 bits per heavy atom. The number of likely N-dealkylation sites (tertiary alicyclic amines) is 1. The number of carboxylic acid groups (broad SMARTS) is 1. The van der Waals surface area contributed by atoms with Gasteiger partial charge in [0.25, 0.3) is 0 Å². The molecule has 60 heavy (non-hydrogen) atoms. The summed E-state index contributed by atoms with van der Waals surface area (Å²) in [5, 5.41) is 34.5. The molecule has 2 fully saturated rings. The number of β-lactam (4-membered cyclic amide) rings is 1. The number of aromatic nitrogens is 1. The summed E-state index contributed by atoms with van der Waals surface area (Å²) in [6.07, 6.45) is 5.72. The number of halogens is 1. The van der Waals surface area contributed by atoms with Gasteiger partial charge in [0.05, 0.1) is 22.7 Å². The van der Waals surface area contributed by atoms with E-state index < -0.39 is 18.6 Å². The topological polar surface area (TPSA) is 166 Å². The van der Waals surface area contributed by atoms with Crippen LogP contribution in [0.5, 0.6) is 17.2 Å². The maximum absolute atomic E-state index is 11.6. The number of ether oxygens (including phenoxy) is 3. The summed E-state index contributed by atoms with van der Waals surface area (Å²) in [4.78, 5) is 29.5. The second kappa shape index (κ2) is 19.0.